The van der Waals surface area contributed by atoms with E-state index in [1.165, 1.54) is 5.56 Å². The quantitative estimate of drug-likeness (QED) is 0.714. The first kappa shape index (κ1) is 10.6. The molecule has 0 nitrogen and oxygen atoms in total. The van der Waals surface area contributed by atoms with Gasteiger partial charge in [-0.1, -0.05) is 41.4 Å². The van der Waals surface area contributed by atoms with Crippen molar-refractivity contribution in [1.82, 2.24) is 0 Å². The van der Waals surface area contributed by atoms with Gasteiger partial charge in [-0.2, -0.15) is 0 Å². The van der Waals surface area contributed by atoms with Gasteiger partial charge in [0.2, 0.25) is 0 Å². The lowest BCUT2D eigenvalue weighted by Gasteiger charge is -2.20. The van der Waals surface area contributed by atoms with Crippen LogP contribution in [0.5, 0.6) is 0 Å². The van der Waals surface area contributed by atoms with Crippen molar-refractivity contribution in [3.05, 3.63) is 21.3 Å². The summed E-state index contributed by atoms with van der Waals surface area (Å²) in [6.45, 7) is 4.49. The lowest BCUT2D eigenvalue weighted by molar-refractivity contribution is 0.425. The van der Waals surface area contributed by atoms with Gasteiger partial charge in [-0.05, 0) is 28.8 Å². The molecule has 1 rings (SSSR count). The number of hydrogen-bond donors (Lipinski definition) is 0. The van der Waals surface area contributed by atoms with E-state index in [1.807, 2.05) is 0 Å². The second-order valence-electron chi connectivity index (χ2n) is 3.73. The van der Waals surface area contributed by atoms with E-state index in [2.05, 4.69) is 41.2 Å². The minimum absolute atomic E-state index is 0.324. The fraction of sp³-hybridized carbons (Fsp3) is 0.556. The number of rotatable bonds is 3. The highest BCUT2D eigenvalue weighted by atomic mass is 79.9. The maximum atomic E-state index is 5.84. The molecule has 0 aliphatic heterocycles. The first-order valence-electron chi connectivity index (χ1n) is 3.82. The Balaban J connectivity index is 2.63. The van der Waals surface area contributed by atoms with E-state index in [0.29, 0.717) is 5.41 Å². The second-order valence-corrected chi connectivity index (χ2v) is 5.84. The molecule has 0 aliphatic carbocycles. The van der Waals surface area contributed by atoms with Gasteiger partial charge >= 0.3 is 0 Å². The summed E-state index contributed by atoms with van der Waals surface area (Å²) >= 11 is 11.0. The van der Waals surface area contributed by atoms with Crippen molar-refractivity contribution in [2.75, 3.05) is 5.33 Å². The molecule has 0 aromatic carbocycles. The summed E-state index contributed by atoms with van der Waals surface area (Å²) < 4.78 is 0.885. The molecule has 0 amide bonds. The highest BCUT2D eigenvalue weighted by molar-refractivity contribution is 9.09. The van der Waals surface area contributed by atoms with E-state index < -0.39 is 0 Å². The van der Waals surface area contributed by atoms with Crippen LogP contribution in [0, 0.1) is 5.41 Å². The molecular weight excluding hydrogens is 256 g/mol. The van der Waals surface area contributed by atoms with Gasteiger partial charge < -0.3 is 0 Å². The molecule has 0 unspecified atom stereocenters. The predicted octanol–water partition coefficient (Wildman–Crippen LogP) is 4.37. The zero-order chi connectivity index (χ0) is 9.19. The maximum absolute atomic E-state index is 5.84. The summed E-state index contributed by atoms with van der Waals surface area (Å²) in [5, 5.41) is 3.15. The predicted molar refractivity (Wildman–Crippen MR) is 60.6 cm³/mol. The maximum Gasteiger partial charge on any atom is 0.0931 e. The third-order valence-electron chi connectivity index (χ3n) is 1.67. The Labute approximate surface area is 91.1 Å². The lowest BCUT2D eigenvalue weighted by Crippen LogP contribution is -2.15. The van der Waals surface area contributed by atoms with E-state index in [-0.39, 0.29) is 0 Å². The average Bonchev–Trinajstić information content (AvgIpc) is 2.35. The topological polar surface area (TPSA) is 0 Å². The Hall–Kier alpha value is 0.470. The molecule has 0 radical (unpaired) electrons. The Kier molecular flexibility index (Phi) is 3.62. The number of thiophene rings is 1. The van der Waals surface area contributed by atoms with Gasteiger partial charge in [-0.3, -0.25) is 0 Å². The van der Waals surface area contributed by atoms with Crippen LogP contribution < -0.4 is 0 Å². The van der Waals surface area contributed by atoms with E-state index in [9.17, 15) is 0 Å². The summed E-state index contributed by atoms with van der Waals surface area (Å²) in [5.41, 5.74) is 1.67. The monoisotopic (exact) mass is 266 g/mol. The minimum Gasteiger partial charge on any atom is -0.132 e. The zero-order valence-corrected chi connectivity index (χ0v) is 10.4. The fourth-order valence-electron chi connectivity index (χ4n) is 1.04. The van der Waals surface area contributed by atoms with Gasteiger partial charge in [0.25, 0.3) is 0 Å². The molecule has 12 heavy (non-hydrogen) atoms. The fourth-order valence-corrected chi connectivity index (χ4v) is 2.15. The van der Waals surface area contributed by atoms with Crippen molar-refractivity contribution in [2.45, 2.75) is 20.3 Å². The summed E-state index contributed by atoms with van der Waals surface area (Å²) in [5.74, 6) is 0. The van der Waals surface area contributed by atoms with E-state index in [1.54, 1.807) is 11.3 Å². The SMILES string of the molecule is CC(C)(CBr)Cc1csc(Cl)c1. The smallest absolute Gasteiger partial charge is 0.0931 e. The number of alkyl halides is 1. The summed E-state index contributed by atoms with van der Waals surface area (Å²) in [7, 11) is 0. The second kappa shape index (κ2) is 4.12. The molecule has 1 aromatic heterocycles. The Morgan fingerprint density at radius 3 is 2.67 bits per heavy atom. The van der Waals surface area contributed by atoms with Crippen LogP contribution in [0.2, 0.25) is 4.34 Å². The van der Waals surface area contributed by atoms with Gasteiger partial charge in [-0.15, -0.1) is 11.3 Å². The molecule has 1 heterocycles. The third-order valence-corrected chi connectivity index (χ3v) is 4.32. The van der Waals surface area contributed by atoms with Crippen molar-refractivity contribution in [2.24, 2.45) is 5.41 Å². The summed E-state index contributed by atoms with van der Waals surface area (Å²) in [4.78, 5) is 0. The standard InChI is InChI=1S/C9H12BrClS/c1-9(2,6-10)4-7-3-8(11)12-5-7/h3,5H,4,6H2,1-2H3. The molecule has 0 saturated heterocycles. The van der Waals surface area contributed by atoms with Crippen LogP contribution in [0.3, 0.4) is 0 Å². The van der Waals surface area contributed by atoms with E-state index in [4.69, 9.17) is 11.6 Å². The Morgan fingerprint density at radius 1 is 1.58 bits per heavy atom. The molecule has 3 heteroatoms. The van der Waals surface area contributed by atoms with Gasteiger partial charge in [0.05, 0.1) is 4.34 Å². The first-order valence-corrected chi connectivity index (χ1v) is 6.20. The van der Waals surface area contributed by atoms with E-state index >= 15 is 0 Å². The van der Waals surface area contributed by atoms with Crippen LogP contribution in [0.15, 0.2) is 11.4 Å². The molecule has 0 saturated carbocycles. The molecule has 0 N–H and O–H groups in total. The van der Waals surface area contributed by atoms with Gasteiger partial charge in [0, 0.05) is 5.33 Å². The number of halogens is 2. The molecule has 0 atom stereocenters. The van der Waals surface area contributed by atoms with Crippen LogP contribution in [-0.4, -0.2) is 5.33 Å². The van der Waals surface area contributed by atoms with Crippen molar-refractivity contribution in [1.29, 1.82) is 0 Å². The largest absolute Gasteiger partial charge is 0.132 e. The van der Waals surface area contributed by atoms with Crippen LogP contribution >= 0.6 is 38.9 Å². The van der Waals surface area contributed by atoms with Gasteiger partial charge in [0.1, 0.15) is 0 Å². The van der Waals surface area contributed by atoms with Crippen LogP contribution in [0.4, 0.5) is 0 Å². The highest BCUT2D eigenvalue weighted by Crippen LogP contribution is 2.28. The van der Waals surface area contributed by atoms with Crippen molar-refractivity contribution < 1.29 is 0 Å². The van der Waals surface area contributed by atoms with Gasteiger partial charge in [-0.25, -0.2) is 0 Å². The molecule has 0 bridgehead atoms. The van der Waals surface area contributed by atoms with Crippen LogP contribution in [0.25, 0.3) is 0 Å². The first-order chi connectivity index (χ1) is 5.53. The molecule has 0 aliphatic rings. The summed E-state index contributed by atoms with van der Waals surface area (Å²) in [6.07, 6.45) is 1.08. The third kappa shape index (κ3) is 3.08. The molecule has 0 fully saturated rings. The van der Waals surface area contributed by atoms with Crippen molar-refractivity contribution in [3.8, 4) is 0 Å². The Bertz CT molecular complexity index is 255. The molecule has 1 aromatic rings. The average molecular weight is 268 g/mol. The van der Waals surface area contributed by atoms with Crippen LogP contribution in [-0.2, 0) is 6.42 Å². The Morgan fingerprint density at radius 2 is 2.25 bits per heavy atom. The number of hydrogen-bond acceptors (Lipinski definition) is 1. The summed E-state index contributed by atoms with van der Waals surface area (Å²) in [6, 6.07) is 2.05. The molecule has 0 spiro atoms. The van der Waals surface area contributed by atoms with E-state index in [0.717, 1.165) is 16.1 Å². The molecular formula is C9H12BrClS. The normalized spacial score (nSPS) is 12.0. The lowest BCUT2D eigenvalue weighted by atomic mass is 9.89. The van der Waals surface area contributed by atoms with Crippen molar-refractivity contribution >= 4 is 38.9 Å². The highest BCUT2D eigenvalue weighted by Gasteiger charge is 2.17. The molecule has 68 valence electrons. The van der Waals surface area contributed by atoms with Gasteiger partial charge in [0.15, 0.2) is 0 Å². The van der Waals surface area contributed by atoms with Crippen LogP contribution in [0.1, 0.15) is 19.4 Å². The van der Waals surface area contributed by atoms with Crippen molar-refractivity contribution in [3.63, 3.8) is 0 Å². The minimum atomic E-state index is 0.324. The zero-order valence-electron chi connectivity index (χ0n) is 7.23.